The van der Waals surface area contributed by atoms with Gasteiger partial charge in [0, 0.05) is 31.1 Å². The highest BCUT2D eigenvalue weighted by molar-refractivity contribution is 5.82. The number of piperidine rings is 1. The Kier molecular flexibility index (Phi) is 6.34. The summed E-state index contributed by atoms with van der Waals surface area (Å²) < 4.78 is 5.00. The molecule has 1 saturated heterocycles. The van der Waals surface area contributed by atoms with Gasteiger partial charge in [-0.25, -0.2) is 4.79 Å². The Labute approximate surface area is 164 Å². The van der Waals surface area contributed by atoms with Gasteiger partial charge in [-0.1, -0.05) is 18.2 Å². The Balaban J connectivity index is 1.51. The Morgan fingerprint density at radius 3 is 2.75 bits per heavy atom. The minimum atomic E-state index is -0.293. The van der Waals surface area contributed by atoms with E-state index in [1.54, 1.807) is 11.8 Å². The van der Waals surface area contributed by atoms with Gasteiger partial charge in [0.1, 0.15) is 0 Å². The van der Waals surface area contributed by atoms with E-state index in [0.717, 1.165) is 16.5 Å². The fraction of sp³-hybridized carbons (Fsp3) is 0.476. The van der Waals surface area contributed by atoms with E-state index >= 15 is 0 Å². The van der Waals surface area contributed by atoms with Crippen LogP contribution < -0.4 is 10.9 Å². The quantitative estimate of drug-likeness (QED) is 0.827. The number of pyridine rings is 1. The molecule has 1 fully saturated rings. The number of likely N-dealkylation sites (tertiary alicyclic amines) is 1. The first kappa shape index (κ1) is 19.9. The minimum absolute atomic E-state index is 0.0516. The topological polar surface area (TPSA) is 91.5 Å². The maximum Gasteiger partial charge on any atom is 0.409 e. The van der Waals surface area contributed by atoms with Crippen LogP contribution in [0.3, 0.4) is 0 Å². The lowest BCUT2D eigenvalue weighted by molar-refractivity contribution is -0.122. The third-order valence-corrected chi connectivity index (χ3v) is 5.17. The van der Waals surface area contributed by atoms with Gasteiger partial charge in [0.25, 0.3) is 5.56 Å². The minimum Gasteiger partial charge on any atom is -0.450 e. The van der Waals surface area contributed by atoms with Gasteiger partial charge in [-0.05, 0) is 50.1 Å². The highest BCUT2D eigenvalue weighted by Gasteiger charge is 2.24. The Morgan fingerprint density at radius 2 is 2.04 bits per heavy atom. The number of aromatic nitrogens is 1. The van der Waals surface area contributed by atoms with Crippen LogP contribution in [0.1, 0.15) is 37.3 Å². The van der Waals surface area contributed by atoms with Gasteiger partial charge >= 0.3 is 6.09 Å². The van der Waals surface area contributed by atoms with E-state index in [4.69, 9.17) is 4.74 Å². The zero-order valence-corrected chi connectivity index (χ0v) is 16.4. The zero-order chi connectivity index (χ0) is 20.1. The SMILES string of the molecule is CCOC(=O)N1CCC(NC(=O)CCc2cc3cccc(C)c3[nH]c2=O)CC1. The molecule has 0 spiro atoms. The summed E-state index contributed by atoms with van der Waals surface area (Å²) in [7, 11) is 0. The van der Waals surface area contributed by atoms with Crippen molar-refractivity contribution in [3.63, 3.8) is 0 Å². The van der Waals surface area contributed by atoms with E-state index in [0.29, 0.717) is 44.5 Å². The van der Waals surface area contributed by atoms with Crippen molar-refractivity contribution in [2.45, 2.75) is 45.6 Å². The van der Waals surface area contributed by atoms with Crippen LogP contribution >= 0.6 is 0 Å². The molecule has 1 aromatic heterocycles. The zero-order valence-electron chi connectivity index (χ0n) is 16.4. The molecule has 0 radical (unpaired) electrons. The van der Waals surface area contributed by atoms with Crippen molar-refractivity contribution in [1.82, 2.24) is 15.2 Å². The number of nitrogens with zero attached hydrogens (tertiary/aromatic N) is 1. The molecule has 0 aliphatic carbocycles. The first-order chi connectivity index (χ1) is 13.5. The summed E-state index contributed by atoms with van der Waals surface area (Å²) in [6.07, 6.45) is 1.78. The Morgan fingerprint density at radius 1 is 1.29 bits per heavy atom. The summed E-state index contributed by atoms with van der Waals surface area (Å²) in [5.74, 6) is -0.0710. The van der Waals surface area contributed by atoms with Crippen molar-refractivity contribution in [3.05, 3.63) is 45.7 Å². The van der Waals surface area contributed by atoms with Gasteiger partial charge in [0.2, 0.25) is 5.91 Å². The van der Waals surface area contributed by atoms with Crippen LogP contribution in [0, 0.1) is 6.92 Å². The third-order valence-electron chi connectivity index (χ3n) is 5.17. The second-order valence-electron chi connectivity index (χ2n) is 7.19. The van der Waals surface area contributed by atoms with Crippen molar-refractivity contribution in [1.29, 1.82) is 0 Å². The van der Waals surface area contributed by atoms with Crippen molar-refractivity contribution < 1.29 is 14.3 Å². The molecule has 1 aliphatic heterocycles. The van der Waals surface area contributed by atoms with Crippen LogP contribution in [-0.2, 0) is 16.0 Å². The fourth-order valence-corrected chi connectivity index (χ4v) is 3.58. The molecule has 7 nitrogen and oxygen atoms in total. The van der Waals surface area contributed by atoms with Gasteiger partial charge in [-0.3, -0.25) is 9.59 Å². The molecule has 28 heavy (non-hydrogen) atoms. The lowest BCUT2D eigenvalue weighted by Crippen LogP contribution is -2.46. The number of benzene rings is 1. The molecule has 2 amide bonds. The van der Waals surface area contributed by atoms with Gasteiger partial charge in [-0.15, -0.1) is 0 Å². The standard InChI is InChI=1S/C21H27N3O4/c1-3-28-21(27)24-11-9-17(10-12-24)22-18(25)8-7-16-13-15-6-4-5-14(2)19(15)23-20(16)26/h4-6,13,17H,3,7-12H2,1-2H3,(H,22,25)(H,23,26). The molecule has 150 valence electrons. The van der Waals surface area contributed by atoms with Gasteiger partial charge in [-0.2, -0.15) is 0 Å². The summed E-state index contributed by atoms with van der Waals surface area (Å²) in [6, 6.07) is 7.79. The van der Waals surface area contributed by atoms with Crippen LogP contribution in [0.15, 0.2) is 29.1 Å². The predicted octanol–water partition coefficient (Wildman–Crippen LogP) is 2.51. The maximum atomic E-state index is 12.3. The Bertz CT molecular complexity index is 913. The number of rotatable bonds is 5. The predicted molar refractivity (Wildman–Crippen MR) is 107 cm³/mol. The number of H-pyrrole nitrogens is 1. The molecular weight excluding hydrogens is 358 g/mol. The Hall–Kier alpha value is -2.83. The number of hydrogen-bond acceptors (Lipinski definition) is 4. The van der Waals surface area contributed by atoms with E-state index < -0.39 is 0 Å². The lowest BCUT2D eigenvalue weighted by Gasteiger charge is -2.31. The number of para-hydroxylation sites is 1. The van der Waals surface area contributed by atoms with E-state index in [1.165, 1.54) is 0 Å². The normalized spacial score (nSPS) is 14.9. The summed E-state index contributed by atoms with van der Waals surface area (Å²) in [4.78, 5) is 40.9. The molecule has 1 aliphatic rings. The second kappa shape index (κ2) is 8.91. The van der Waals surface area contributed by atoms with Gasteiger partial charge in [0.15, 0.2) is 0 Å². The van der Waals surface area contributed by atoms with Crippen molar-refractivity contribution in [2.75, 3.05) is 19.7 Å². The smallest absolute Gasteiger partial charge is 0.409 e. The number of carbonyl (C=O) groups excluding carboxylic acids is 2. The number of aryl methyl sites for hydroxylation is 2. The number of carbonyl (C=O) groups is 2. The second-order valence-corrected chi connectivity index (χ2v) is 7.19. The number of ether oxygens (including phenoxy) is 1. The first-order valence-electron chi connectivity index (χ1n) is 9.80. The van der Waals surface area contributed by atoms with Gasteiger partial charge in [0.05, 0.1) is 12.1 Å². The van der Waals surface area contributed by atoms with Crippen LogP contribution in [0.25, 0.3) is 10.9 Å². The van der Waals surface area contributed by atoms with Crippen LogP contribution in [0.5, 0.6) is 0 Å². The number of aromatic amines is 1. The number of nitrogens with one attached hydrogen (secondary N) is 2. The molecule has 2 N–H and O–H groups in total. The lowest BCUT2D eigenvalue weighted by atomic mass is 10.0. The molecular formula is C21H27N3O4. The van der Waals surface area contributed by atoms with E-state index in [2.05, 4.69) is 10.3 Å². The molecule has 3 rings (SSSR count). The number of amides is 2. The van der Waals surface area contributed by atoms with Crippen molar-refractivity contribution in [2.24, 2.45) is 0 Å². The summed E-state index contributed by atoms with van der Waals surface area (Å²) in [6.45, 7) is 5.26. The molecule has 0 atom stereocenters. The van der Waals surface area contributed by atoms with E-state index in [9.17, 15) is 14.4 Å². The van der Waals surface area contributed by atoms with E-state index in [1.807, 2.05) is 31.2 Å². The molecule has 0 bridgehead atoms. The van der Waals surface area contributed by atoms with Crippen molar-refractivity contribution in [3.8, 4) is 0 Å². The maximum absolute atomic E-state index is 12.3. The highest BCUT2D eigenvalue weighted by Crippen LogP contribution is 2.16. The molecule has 7 heteroatoms. The van der Waals surface area contributed by atoms with E-state index in [-0.39, 0.29) is 30.0 Å². The van der Waals surface area contributed by atoms with Crippen molar-refractivity contribution >= 4 is 22.9 Å². The molecule has 2 aromatic rings. The molecule has 1 aromatic carbocycles. The molecule has 0 unspecified atom stereocenters. The van der Waals surface area contributed by atoms with Gasteiger partial charge < -0.3 is 19.9 Å². The molecule has 2 heterocycles. The van der Waals surface area contributed by atoms with Crippen LogP contribution in [-0.4, -0.2) is 47.6 Å². The number of fused-ring (bicyclic) bond motifs is 1. The third kappa shape index (κ3) is 4.71. The monoisotopic (exact) mass is 385 g/mol. The average molecular weight is 385 g/mol. The van der Waals surface area contributed by atoms with Crippen LogP contribution in [0.4, 0.5) is 4.79 Å². The van der Waals surface area contributed by atoms with Crippen LogP contribution in [0.2, 0.25) is 0 Å². The highest BCUT2D eigenvalue weighted by atomic mass is 16.6. The summed E-state index contributed by atoms with van der Waals surface area (Å²) in [5.41, 5.74) is 2.34. The summed E-state index contributed by atoms with van der Waals surface area (Å²) in [5, 5.41) is 3.99. The first-order valence-corrected chi connectivity index (χ1v) is 9.80. The largest absolute Gasteiger partial charge is 0.450 e. The average Bonchev–Trinajstić information content (AvgIpc) is 2.68. The number of hydrogen-bond donors (Lipinski definition) is 2. The molecule has 0 saturated carbocycles. The summed E-state index contributed by atoms with van der Waals surface area (Å²) >= 11 is 0. The fourth-order valence-electron chi connectivity index (χ4n) is 3.58.